The van der Waals surface area contributed by atoms with E-state index >= 15 is 0 Å². The maximum atomic E-state index is 11.4. The lowest BCUT2D eigenvalue weighted by molar-refractivity contribution is -0.140. The molecule has 0 saturated carbocycles. The van der Waals surface area contributed by atoms with Gasteiger partial charge in [-0.1, -0.05) is 29.8 Å². The van der Waals surface area contributed by atoms with Crippen LogP contribution >= 0.6 is 22.9 Å². The van der Waals surface area contributed by atoms with Crippen molar-refractivity contribution in [2.24, 2.45) is 5.10 Å². The van der Waals surface area contributed by atoms with Gasteiger partial charge < -0.3 is 4.74 Å². The third-order valence-electron chi connectivity index (χ3n) is 3.71. The van der Waals surface area contributed by atoms with Crippen molar-refractivity contribution in [3.63, 3.8) is 0 Å². The van der Waals surface area contributed by atoms with Crippen LogP contribution in [0, 0.1) is 0 Å². The van der Waals surface area contributed by atoms with Crippen LogP contribution < -0.4 is 10.1 Å². The maximum absolute atomic E-state index is 11.4. The van der Waals surface area contributed by atoms with Gasteiger partial charge in [-0.05, 0) is 43.2 Å². The Balaban J connectivity index is 1.91. The quantitative estimate of drug-likeness (QED) is 0.503. The fraction of sp³-hybridized carbons (Fsp3) is 0.211. The van der Waals surface area contributed by atoms with Crippen LogP contribution in [0.4, 0.5) is 5.69 Å². The summed E-state index contributed by atoms with van der Waals surface area (Å²) >= 11 is 7.57. The highest BCUT2D eigenvalue weighted by atomic mass is 35.5. The molecular weight excluding hydrogens is 370 g/mol. The molecule has 0 unspecified atom stereocenters. The molecule has 0 saturated heterocycles. The molecule has 2 aromatic carbocycles. The van der Waals surface area contributed by atoms with E-state index in [1.54, 1.807) is 17.4 Å². The SMILES string of the molecule is COC(=O)CCCc1nc2ccccc2s/c1=N/Nc1cccc(Cl)c1. The number of nitrogens with zero attached hydrogens (tertiary/aromatic N) is 2. The third-order valence-corrected chi connectivity index (χ3v) is 5.03. The number of methoxy groups -OCH3 is 1. The fourth-order valence-corrected chi connectivity index (χ4v) is 3.54. The number of carbonyl (C=O) groups excluding carboxylic acids is 1. The highest BCUT2D eigenvalue weighted by Gasteiger charge is 2.07. The summed E-state index contributed by atoms with van der Waals surface area (Å²) in [4.78, 5) is 16.1. The summed E-state index contributed by atoms with van der Waals surface area (Å²) in [6, 6.07) is 15.3. The topological polar surface area (TPSA) is 63.6 Å². The average molecular weight is 388 g/mol. The molecule has 0 fully saturated rings. The zero-order chi connectivity index (χ0) is 18.4. The maximum Gasteiger partial charge on any atom is 0.305 e. The predicted molar refractivity (Wildman–Crippen MR) is 105 cm³/mol. The van der Waals surface area contributed by atoms with Crippen LogP contribution in [0.25, 0.3) is 10.2 Å². The highest BCUT2D eigenvalue weighted by Crippen LogP contribution is 2.16. The molecule has 0 radical (unpaired) electrons. The first-order valence-corrected chi connectivity index (χ1v) is 9.36. The van der Waals surface area contributed by atoms with E-state index in [2.05, 4.69) is 10.5 Å². The Hall–Kier alpha value is -2.44. The van der Waals surface area contributed by atoms with Crippen molar-refractivity contribution >= 4 is 44.8 Å². The van der Waals surface area contributed by atoms with Gasteiger partial charge in [0, 0.05) is 11.4 Å². The normalized spacial score (nSPS) is 11.5. The van der Waals surface area contributed by atoms with E-state index < -0.39 is 0 Å². The molecule has 7 heteroatoms. The van der Waals surface area contributed by atoms with Crippen LogP contribution in [-0.2, 0) is 16.0 Å². The molecule has 0 aliphatic rings. The number of aromatic nitrogens is 1. The molecule has 0 amide bonds. The van der Waals surface area contributed by atoms with Gasteiger partial charge in [0.1, 0.15) is 0 Å². The molecule has 0 bridgehead atoms. The number of esters is 1. The van der Waals surface area contributed by atoms with Crippen LogP contribution in [-0.4, -0.2) is 18.1 Å². The Morgan fingerprint density at radius 3 is 2.92 bits per heavy atom. The van der Waals surface area contributed by atoms with Crippen molar-refractivity contribution in [3.8, 4) is 0 Å². The van der Waals surface area contributed by atoms with Crippen molar-refractivity contribution in [2.75, 3.05) is 12.5 Å². The standard InChI is InChI=1S/C19H18ClN3O2S/c1-25-18(24)11-5-9-16-19(23-22-14-7-4-6-13(20)12-14)26-17-10-3-2-8-15(17)21-16/h2-4,6-8,10,12,22H,5,9,11H2,1H3/b23-19+. The number of hydrogen-bond acceptors (Lipinski definition) is 6. The first-order chi connectivity index (χ1) is 12.7. The van der Waals surface area contributed by atoms with Gasteiger partial charge in [0.2, 0.25) is 0 Å². The number of nitrogens with one attached hydrogen (secondary N) is 1. The number of anilines is 1. The van der Waals surface area contributed by atoms with Crippen molar-refractivity contribution in [3.05, 3.63) is 63.9 Å². The van der Waals surface area contributed by atoms with Crippen molar-refractivity contribution in [1.82, 2.24) is 4.98 Å². The van der Waals surface area contributed by atoms with E-state index in [4.69, 9.17) is 21.3 Å². The predicted octanol–water partition coefficient (Wildman–Crippen LogP) is 4.37. The molecular formula is C19H18ClN3O2S. The van der Waals surface area contributed by atoms with E-state index in [9.17, 15) is 4.79 Å². The van der Waals surface area contributed by atoms with E-state index in [0.29, 0.717) is 24.3 Å². The number of hydrogen-bond donors (Lipinski definition) is 1. The minimum absolute atomic E-state index is 0.218. The lowest BCUT2D eigenvalue weighted by atomic mass is 10.2. The summed E-state index contributed by atoms with van der Waals surface area (Å²) in [5.41, 5.74) is 5.62. The molecule has 5 nitrogen and oxygen atoms in total. The number of carbonyl (C=O) groups is 1. The zero-order valence-electron chi connectivity index (χ0n) is 14.2. The Labute approximate surface area is 160 Å². The molecule has 26 heavy (non-hydrogen) atoms. The number of rotatable bonds is 6. The highest BCUT2D eigenvalue weighted by molar-refractivity contribution is 7.16. The van der Waals surface area contributed by atoms with Gasteiger partial charge in [0.05, 0.1) is 28.7 Å². The fourth-order valence-electron chi connectivity index (χ4n) is 2.42. The van der Waals surface area contributed by atoms with Crippen LogP contribution in [0.5, 0.6) is 0 Å². The summed E-state index contributed by atoms with van der Waals surface area (Å²) in [6.45, 7) is 0. The second-order valence-electron chi connectivity index (χ2n) is 5.60. The van der Waals surface area contributed by atoms with Gasteiger partial charge in [-0.2, -0.15) is 5.10 Å². The van der Waals surface area contributed by atoms with Crippen molar-refractivity contribution < 1.29 is 9.53 Å². The monoisotopic (exact) mass is 387 g/mol. The summed E-state index contributed by atoms with van der Waals surface area (Å²) < 4.78 is 6.54. The van der Waals surface area contributed by atoms with Gasteiger partial charge in [-0.15, -0.1) is 11.3 Å². The lowest BCUT2D eigenvalue weighted by Gasteiger charge is -2.05. The molecule has 0 atom stereocenters. The van der Waals surface area contributed by atoms with Gasteiger partial charge >= 0.3 is 5.97 Å². The number of fused-ring (bicyclic) bond motifs is 1. The lowest BCUT2D eigenvalue weighted by Crippen LogP contribution is -2.13. The summed E-state index contributed by atoms with van der Waals surface area (Å²) in [7, 11) is 1.40. The molecule has 3 aromatic rings. The Kier molecular flexibility index (Phi) is 6.20. The molecule has 0 aliphatic heterocycles. The molecule has 1 N–H and O–H groups in total. The molecule has 0 aliphatic carbocycles. The number of ether oxygens (including phenoxy) is 1. The van der Waals surface area contributed by atoms with Gasteiger partial charge in [0.25, 0.3) is 0 Å². The summed E-state index contributed by atoms with van der Waals surface area (Å²) in [6.07, 6.45) is 1.66. The molecule has 0 spiro atoms. The number of halogens is 1. The van der Waals surface area contributed by atoms with Crippen LogP contribution in [0.1, 0.15) is 18.5 Å². The van der Waals surface area contributed by atoms with E-state index in [-0.39, 0.29) is 5.97 Å². The van der Waals surface area contributed by atoms with E-state index in [1.165, 1.54) is 7.11 Å². The second-order valence-corrected chi connectivity index (χ2v) is 7.06. The van der Waals surface area contributed by atoms with Gasteiger partial charge in [-0.3, -0.25) is 10.2 Å². The van der Waals surface area contributed by atoms with E-state index in [1.807, 2.05) is 42.5 Å². The minimum atomic E-state index is -0.218. The van der Waals surface area contributed by atoms with Crippen LogP contribution in [0.15, 0.2) is 53.6 Å². The first kappa shape index (κ1) is 18.4. The van der Waals surface area contributed by atoms with Crippen LogP contribution in [0.3, 0.4) is 0 Å². The number of aryl methyl sites for hydroxylation is 1. The Morgan fingerprint density at radius 2 is 2.12 bits per heavy atom. The first-order valence-electron chi connectivity index (χ1n) is 8.16. The molecule has 3 rings (SSSR count). The van der Waals surface area contributed by atoms with Crippen molar-refractivity contribution in [1.29, 1.82) is 0 Å². The molecule has 1 aromatic heterocycles. The second kappa shape index (κ2) is 8.78. The molecule has 1 heterocycles. The van der Waals surface area contributed by atoms with Crippen LogP contribution in [0.2, 0.25) is 5.02 Å². The smallest absolute Gasteiger partial charge is 0.305 e. The minimum Gasteiger partial charge on any atom is -0.469 e. The van der Waals surface area contributed by atoms with Crippen molar-refractivity contribution in [2.45, 2.75) is 19.3 Å². The number of benzene rings is 2. The molecule has 134 valence electrons. The Morgan fingerprint density at radius 1 is 1.27 bits per heavy atom. The zero-order valence-corrected chi connectivity index (χ0v) is 15.8. The summed E-state index contributed by atoms with van der Waals surface area (Å²) in [5.74, 6) is -0.218. The third kappa shape index (κ3) is 4.80. The van der Waals surface area contributed by atoms with Gasteiger partial charge in [-0.25, -0.2) is 4.98 Å². The van der Waals surface area contributed by atoms with E-state index in [0.717, 1.165) is 26.3 Å². The number of para-hydroxylation sites is 1. The Bertz CT molecular complexity index is 988. The largest absolute Gasteiger partial charge is 0.469 e. The van der Waals surface area contributed by atoms with Gasteiger partial charge in [0.15, 0.2) is 4.67 Å². The average Bonchev–Trinajstić information content (AvgIpc) is 2.66. The summed E-state index contributed by atoms with van der Waals surface area (Å²) in [5, 5.41) is 5.16.